The number of hydrazone groups is 1. The summed E-state index contributed by atoms with van der Waals surface area (Å²) < 4.78 is 50.8. The predicted molar refractivity (Wildman–Crippen MR) is 79.6 cm³/mol. The van der Waals surface area contributed by atoms with Gasteiger partial charge in [0.1, 0.15) is 11.6 Å². The van der Waals surface area contributed by atoms with Gasteiger partial charge in [-0.25, -0.2) is 9.82 Å². The van der Waals surface area contributed by atoms with Crippen LogP contribution in [-0.4, -0.2) is 17.2 Å². The minimum atomic E-state index is -4.66. The van der Waals surface area contributed by atoms with Crippen LogP contribution in [0.3, 0.4) is 0 Å². The first-order chi connectivity index (χ1) is 11.2. The zero-order chi connectivity index (χ0) is 17.9. The molecule has 0 heterocycles. The molecule has 24 heavy (non-hydrogen) atoms. The Hall–Kier alpha value is -2.61. The molecule has 0 fully saturated rings. The Morgan fingerprint density at radius 1 is 1.21 bits per heavy atom. The van der Waals surface area contributed by atoms with Crippen molar-refractivity contribution in [2.24, 2.45) is 5.10 Å². The Kier molecular flexibility index (Phi) is 5.08. The summed E-state index contributed by atoms with van der Waals surface area (Å²) >= 11 is 5.54. The molecule has 0 atom stereocenters. The van der Waals surface area contributed by atoms with E-state index in [1.54, 1.807) is 0 Å². The number of benzene rings is 2. The molecule has 0 unspecified atom stereocenters. The fourth-order valence-corrected chi connectivity index (χ4v) is 1.94. The van der Waals surface area contributed by atoms with Gasteiger partial charge in [0.25, 0.3) is 5.91 Å². The molecule has 2 rings (SSSR count). The largest absolute Gasteiger partial charge is 0.506 e. The van der Waals surface area contributed by atoms with Crippen molar-refractivity contribution in [3.63, 3.8) is 0 Å². The van der Waals surface area contributed by atoms with Gasteiger partial charge in [-0.2, -0.15) is 18.3 Å². The molecule has 4 nitrogen and oxygen atoms in total. The Bertz CT molecular complexity index is 789. The van der Waals surface area contributed by atoms with Crippen molar-refractivity contribution in [1.29, 1.82) is 0 Å². The maximum Gasteiger partial charge on any atom is 0.416 e. The summed E-state index contributed by atoms with van der Waals surface area (Å²) in [4.78, 5) is 11.7. The van der Waals surface area contributed by atoms with Crippen molar-refractivity contribution >= 4 is 23.7 Å². The van der Waals surface area contributed by atoms with E-state index < -0.39 is 34.2 Å². The van der Waals surface area contributed by atoms with Gasteiger partial charge in [-0.1, -0.05) is 11.6 Å². The number of amides is 1. The van der Waals surface area contributed by atoms with E-state index in [1.807, 2.05) is 5.43 Å². The zero-order valence-corrected chi connectivity index (χ0v) is 12.5. The number of alkyl halides is 3. The van der Waals surface area contributed by atoms with Gasteiger partial charge in [0, 0.05) is 11.1 Å². The lowest BCUT2D eigenvalue weighted by Gasteiger charge is -2.09. The topological polar surface area (TPSA) is 61.7 Å². The van der Waals surface area contributed by atoms with Gasteiger partial charge in [0.15, 0.2) is 0 Å². The second-order valence-corrected chi connectivity index (χ2v) is 5.01. The standard InChI is InChI=1S/C15H9ClF4N2O2/c16-12-6-10(15(18,19)20)5-9(13(12)23)7-21-22-14(24)8-1-3-11(17)4-2-8/h1-7,23H,(H,22,24). The molecule has 0 saturated carbocycles. The van der Waals surface area contributed by atoms with E-state index in [4.69, 9.17) is 11.6 Å². The third-order valence-electron chi connectivity index (χ3n) is 2.90. The second-order valence-electron chi connectivity index (χ2n) is 4.60. The predicted octanol–water partition coefficient (Wildman–Crippen LogP) is 3.97. The Morgan fingerprint density at radius 2 is 1.83 bits per heavy atom. The lowest BCUT2D eigenvalue weighted by molar-refractivity contribution is -0.137. The first kappa shape index (κ1) is 17.7. The lowest BCUT2D eigenvalue weighted by Crippen LogP contribution is -2.17. The highest BCUT2D eigenvalue weighted by Gasteiger charge is 2.32. The van der Waals surface area contributed by atoms with Gasteiger partial charge in [-0.15, -0.1) is 0 Å². The molecule has 0 aliphatic rings. The number of carbonyl (C=O) groups is 1. The van der Waals surface area contributed by atoms with Crippen LogP contribution in [0.1, 0.15) is 21.5 Å². The van der Waals surface area contributed by atoms with Crippen LogP contribution in [0.25, 0.3) is 0 Å². The third-order valence-corrected chi connectivity index (χ3v) is 3.18. The van der Waals surface area contributed by atoms with Crippen LogP contribution in [0.4, 0.5) is 17.6 Å². The molecule has 2 aromatic carbocycles. The summed E-state index contributed by atoms with van der Waals surface area (Å²) in [6.45, 7) is 0. The molecule has 0 saturated heterocycles. The highest BCUT2D eigenvalue weighted by Crippen LogP contribution is 2.36. The molecule has 2 N–H and O–H groups in total. The average Bonchev–Trinajstić information content (AvgIpc) is 2.50. The molecular weight excluding hydrogens is 352 g/mol. The number of hydrogen-bond acceptors (Lipinski definition) is 3. The van der Waals surface area contributed by atoms with E-state index in [-0.39, 0.29) is 11.1 Å². The summed E-state index contributed by atoms with van der Waals surface area (Å²) in [5.74, 6) is -1.84. The Balaban J connectivity index is 2.18. The van der Waals surface area contributed by atoms with Crippen molar-refractivity contribution in [1.82, 2.24) is 5.43 Å². The van der Waals surface area contributed by atoms with Crippen molar-refractivity contribution in [2.75, 3.05) is 0 Å². The number of nitrogens with one attached hydrogen (secondary N) is 1. The van der Waals surface area contributed by atoms with E-state index in [2.05, 4.69) is 5.10 Å². The average molecular weight is 361 g/mol. The van der Waals surface area contributed by atoms with Crippen LogP contribution in [0, 0.1) is 5.82 Å². The monoisotopic (exact) mass is 360 g/mol. The van der Waals surface area contributed by atoms with E-state index in [0.29, 0.717) is 12.1 Å². The van der Waals surface area contributed by atoms with Gasteiger partial charge in [0.2, 0.25) is 0 Å². The first-order valence-electron chi connectivity index (χ1n) is 6.37. The number of aromatic hydroxyl groups is 1. The number of nitrogens with zero attached hydrogens (tertiary/aromatic N) is 1. The maximum absolute atomic E-state index is 12.7. The SMILES string of the molecule is O=C(NN=Cc1cc(C(F)(F)F)cc(Cl)c1O)c1ccc(F)cc1. The fraction of sp³-hybridized carbons (Fsp3) is 0.0667. The molecule has 0 radical (unpaired) electrons. The molecule has 1 amide bonds. The summed E-state index contributed by atoms with van der Waals surface area (Å²) in [6.07, 6.45) is -3.84. The van der Waals surface area contributed by atoms with Crippen molar-refractivity contribution in [2.45, 2.75) is 6.18 Å². The quantitative estimate of drug-likeness (QED) is 0.494. The van der Waals surface area contributed by atoms with E-state index >= 15 is 0 Å². The molecule has 2 aromatic rings. The van der Waals surface area contributed by atoms with E-state index in [0.717, 1.165) is 18.3 Å². The molecule has 9 heteroatoms. The van der Waals surface area contributed by atoms with Crippen LogP contribution in [0.15, 0.2) is 41.5 Å². The van der Waals surface area contributed by atoms with Gasteiger partial charge in [-0.3, -0.25) is 4.79 Å². The highest BCUT2D eigenvalue weighted by molar-refractivity contribution is 6.32. The third kappa shape index (κ3) is 4.23. The molecular formula is C15H9ClF4N2O2. The molecule has 126 valence electrons. The highest BCUT2D eigenvalue weighted by atomic mass is 35.5. The normalized spacial score (nSPS) is 11.7. The number of rotatable bonds is 3. The first-order valence-corrected chi connectivity index (χ1v) is 6.75. The van der Waals surface area contributed by atoms with Gasteiger partial charge in [-0.05, 0) is 36.4 Å². The van der Waals surface area contributed by atoms with E-state index in [9.17, 15) is 27.5 Å². The maximum atomic E-state index is 12.7. The zero-order valence-electron chi connectivity index (χ0n) is 11.7. The molecule has 0 aliphatic heterocycles. The number of hydrogen-bond donors (Lipinski definition) is 2. The van der Waals surface area contributed by atoms with Crippen LogP contribution in [0.2, 0.25) is 5.02 Å². The molecule has 0 spiro atoms. The van der Waals surface area contributed by atoms with Crippen LogP contribution < -0.4 is 5.43 Å². The van der Waals surface area contributed by atoms with E-state index in [1.165, 1.54) is 12.1 Å². The Morgan fingerprint density at radius 3 is 2.42 bits per heavy atom. The molecule has 0 aliphatic carbocycles. The van der Waals surface area contributed by atoms with Crippen molar-refractivity contribution in [3.05, 3.63) is 63.9 Å². The Labute approximate surface area is 138 Å². The van der Waals surface area contributed by atoms with Crippen LogP contribution in [0.5, 0.6) is 5.75 Å². The fourth-order valence-electron chi connectivity index (χ4n) is 1.71. The van der Waals surface area contributed by atoms with Gasteiger partial charge >= 0.3 is 6.18 Å². The molecule has 0 aromatic heterocycles. The minimum absolute atomic E-state index is 0.0971. The number of carbonyl (C=O) groups excluding carboxylic acids is 1. The smallest absolute Gasteiger partial charge is 0.416 e. The summed E-state index contributed by atoms with van der Waals surface area (Å²) in [5, 5.41) is 12.6. The minimum Gasteiger partial charge on any atom is -0.506 e. The summed E-state index contributed by atoms with van der Waals surface area (Å²) in [6, 6.07) is 5.76. The van der Waals surface area contributed by atoms with Gasteiger partial charge < -0.3 is 5.11 Å². The summed E-state index contributed by atoms with van der Waals surface area (Å²) in [5.41, 5.74) is 0.744. The second kappa shape index (κ2) is 6.88. The molecule has 0 bridgehead atoms. The van der Waals surface area contributed by atoms with Gasteiger partial charge in [0.05, 0.1) is 16.8 Å². The number of halogens is 5. The lowest BCUT2D eigenvalue weighted by atomic mass is 10.1. The summed E-state index contributed by atoms with van der Waals surface area (Å²) in [7, 11) is 0. The van der Waals surface area contributed by atoms with Crippen molar-refractivity contribution in [3.8, 4) is 5.75 Å². The number of phenols is 1. The number of phenolic OH excluding ortho intramolecular Hbond substituents is 1. The van der Waals surface area contributed by atoms with Crippen molar-refractivity contribution < 1.29 is 27.5 Å². The van der Waals surface area contributed by atoms with Crippen LogP contribution in [-0.2, 0) is 6.18 Å². The van der Waals surface area contributed by atoms with Crippen LogP contribution >= 0.6 is 11.6 Å².